The summed E-state index contributed by atoms with van der Waals surface area (Å²) < 4.78 is 15.6. The molecule has 0 aliphatic heterocycles. The Kier molecular flexibility index (Phi) is 4.89. The minimum Gasteiger partial charge on any atom is -0.493 e. The highest BCUT2D eigenvalue weighted by atomic mass is 79.9. The summed E-state index contributed by atoms with van der Waals surface area (Å²) in [5.74, 6) is 1.70. The van der Waals surface area contributed by atoms with Crippen LogP contribution in [0.25, 0.3) is 0 Å². The molecule has 0 heterocycles. The van der Waals surface area contributed by atoms with Crippen molar-refractivity contribution in [2.24, 2.45) is 0 Å². The largest absolute Gasteiger partial charge is 0.493 e. The first kappa shape index (κ1) is 13.1. The van der Waals surface area contributed by atoms with Crippen LogP contribution in [0, 0.1) is 0 Å². The van der Waals surface area contributed by atoms with Gasteiger partial charge in [0.2, 0.25) is 5.75 Å². The van der Waals surface area contributed by atoms with E-state index in [1.165, 1.54) is 0 Å². The van der Waals surface area contributed by atoms with Crippen molar-refractivity contribution in [1.82, 2.24) is 0 Å². The molecule has 0 fully saturated rings. The highest BCUT2D eigenvalue weighted by Crippen LogP contribution is 2.40. The fourth-order valence-electron chi connectivity index (χ4n) is 1.39. The van der Waals surface area contributed by atoms with E-state index in [0.29, 0.717) is 17.2 Å². The van der Waals surface area contributed by atoms with E-state index in [1.54, 1.807) is 33.5 Å². The lowest BCUT2D eigenvalue weighted by Crippen LogP contribution is -2.00. The summed E-state index contributed by atoms with van der Waals surface area (Å²) in [6.45, 7) is -0.00135. The molecule has 1 aromatic rings. The summed E-state index contributed by atoms with van der Waals surface area (Å²) in [7, 11) is 4.67. The molecule has 0 aliphatic rings. The van der Waals surface area contributed by atoms with E-state index in [0.717, 1.165) is 5.56 Å². The van der Waals surface area contributed by atoms with Crippen molar-refractivity contribution in [1.29, 1.82) is 0 Å². The topological polar surface area (TPSA) is 47.9 Å². The molecule has 0 radical (unpaired) electrons. The zero-order valence-corrected chi connectivity index (χ0v) is 11.1. The maximum atomic E-state index is 9.08. The quantitative estimate of drug-likeness (QED) is 0.844. The first-order valence-electron chi connectivity index (χ1n) is 4.72. The molecule has 1 aromatic carbocycles. The van der Waals surface area contributed by atoms with Gasteiger partial charge >= 0.3 is 0 Å². The Morgan fingerprint density at radius 1 is 1.12 bits per heavy atom. The molecular weight excluding hydrogens is 276 g/mol. The van der Waals surface area contributed by atoms with Crippen LogP contribution in [-0.2, 0) is 0 Å². The van der Waals surface area contributed by atoms with E-state index < -0.39 is 0 Å². The Bertz CT molecular complexity index is 329. The maximum absolute atomic E-state index is 9.08. The molecule has 0 unspecified atom stereocenters. The number of aliphatic hydroxyl groups is 1. The number of alkyl halides is 1. The SMILES string of the molecule is COc1cc([C@@H](Br)CO)cc(OC)c1OC. The summed E-state index contributed by atoms with van der Waals surface area (Å²) in [6.07, 6.45) is 0. The van der Waals surface area contributed by atoms with Crippen LogP contribution in [0.4, 0.5) is 0 Å². The summed E-state index contributed by atoms with van der Waals surface area (Å²) in [5.41, 5.74) is 0.872. The van der Waals surface area contributed by atoms with Gasteiger partial charge in [0.25, 0.3) is 0 Å². The van der Waals surface area contributed by atoms with Gasteiger partial charge < -0.3 is 19.3 Å². The van der Waals surface area contributed by atoms with Crippen molar-refractivity contribution in [3.05, 3.63) is 17.7 Å². The molecule has 1 atom stereocenters. The third kappa shape index (κ3) is 2.59. The molecule has 0 aliphatic carbocycles. The predicted molar refractivity (Wildman–Crippen MR) is 64.9 cm³/mol. The molecule has 1 N–H and O–H groups in total. The van der Waals surface area contributed by atoms with Gasteiger partial charge in [-0.1, -0.05) is 15.9 Å². The lowest BCUT2D eigenvalue weighted by Gasteiger charge is -2.15. The van der Waals surface area contributed by atoms with Crippen LogP contribution in [0.1, 0.15) is 10.4 Å². The average molecular weight is 291 g/mol. The molecule has 0 saturated heterocycles. The summed E-state index contributed by atoms with van der Waals surface area (Å²) in [5, 5.41) is 9.08. The molecule has 0 amide bonds. The number of halogens is 1. The molecule has 4 nitrogen and oxygen atoms in total. The lowest BCUT2D eigenvalue weighted by molar-refractivity contribution is 0.296. The van der Waals surface area contributed by atoms with E-state index in [-0.39, 0.29) is 11.4 Å². The standard InChI is InChI=1S/C11H15BrO4/c1-14-9-4-7(8(12)6-13)5-10(15-2)11(9)16-3/h4-5,8,13H,6H2,1-3H3/t8-/m0/s1. The van der Waals surface area contributed by atoms with Crippen molar-refractivity contribution >= 4 is 15.9 Å². The van der Waals surface area contributed by atoms with Gasteiger partial charge in [-0.3, -0.25) is 0 Å². The number of ether oxygens (including phenoxy) is 3. The van der Waals surface area contributed by atoms with Crippen molar-refractivity contribution in [3.8, 4) is 17.2 Å². The Hall–Kier alpha value is -0.940. The van der Waals surface area contributed by atoms with Gasteiger partial charge in [-0.05, 0) is 17.7 Å². The third-order valence-corrected chi connectivity index (χ3v) is 3.03. The minimum absolute atomic E-state index is 0.00135. The monoisotopic (exact) mass is 290 g/mol. The van der Waals surface area contributed by atoms with Crippen LogP contribution in [0.15, 0.2) is 12.1 Å². The lowest BCUT2D eigenvalue weighted by atomic mass is 10.1. The van der Waals surface area contributed by atoms with E-state index in [2.05, 4.69) is 15.9 Å². The smallest absolute Gasteiger partial charge is 0.203 e. The summed E-state index contributed by atoms with van der Waals surface area (Å²) in [4.78, 5) is -0.152. The number of rotatable bonds is 5. The summed E-state index contributed by atoms with van der Waals surface area (Å²) >= 11 is 3.36. The number of methoxy groups -OCH3 is 3. The molecule has 0 saturated carbocycles. The van der Waals surface area contributed by atoms with Gasteiger partial charge in [0, 0.05) is 0 Å². The molecule has 0 spiro atoms. The zero-order valence-electron chi connectivity index (χ0n) is 9.49. The van der Waals surface area contributed by atoms with E-state index in [1.807, 2.05) is 0 Å². The first-order chi connectivity index (χ1) is 7.67. The third-order valence-electron chi connectivity index (χ3n) is 2.21. The normalized spacial score (nSPS) is 12.1. The van der Waals surface area contributed by atoms with Crippen molar-refractivity contribution in [3.63, 3.8) is 0 Å². The number of hydrogen-bond acceptors (Lipinski definition) is 4. The number of aliphatic hydroxyl groups excluding tert-OH is 1. The van der Waals surface area contributed by atoms with Gasteiger partial charge in [-0.2, -0.15) is 0 Å². The molecular formula is C11H15BrO4. The van der Waals surface area contributed by atoms with Gasteiger partial charge in [-0.15, -0.1) is 0 Å². The van der Waals surface area contributed by atoms with Crippen molar-refractivity contribution in [2.45, 2.75) is 4.83 Å². The second-order valence-electron chi connectivity index (χ2n) is 3.11. The molecule has 5 heteroatoms. The summed E-state index contributed by atoms with van der Waals surface area (Å²) in [6, 6.07) is 3.61. The van der Waals surface area contributed by atoms with Gasteiger partial charge in [-0.25, -0.2) is 0 Å². The molecule has 90 valence electrons. The van der Waals surface area contributed by atoms with Crippen LogP contribution in [0.5, 0.6) is 17.2 Å². The molecule has 1 rings (SSSR count). The first-order valence-corrected chi connectivity index (χ1v) is 5.64. The van der Waals surface area contributed by atoms with E-state index >= 15 is 0 Å². The highest BCUT2D eigenvalue weighted by molar-refractivity contribution is 9.09. The fraction of sp³-hybridized carbons (Fsp3) is 0.455. The number of benzene rings is 1. The second kappa shape index (κ2) is 5.96. The molecule has 0 aromatic heterocycles. The second-order valence-corrected chi connectivity index (χ2v) is 4.21. The van der Waals surface area contributed by atoms with Gasteiger partial charge in [0.15, 0.2) is 11.5 Å². The van der Waals surface area contributed by atoms with Crippen LogP contribution in [-0.4, -0.2) is 33.0 Å². The Morgan fingerprint density at radius 3 is 1.94 bits per heavy atom. The predicted octanol–water partition coefficient (Wildman–Crippen LogP) is 2.14. The number of hydrogen-bond donors (Lipinski definition) is 1. The maximum Gasteiger partial charge on any atom is 0.203 e. The van der Waals surface area contributed by atoms with Crippen LogP contribution < -0.4 is 14.2 Å². The molecule has 0 bridgehead atoms. The highest BCUT2D eigenvalue weighted by Gasteiger charge is 2.16. The van der Waals surface area contributed by atoms with Crippen molar-refractivity contribution in [2.75, 3.05) is 27.9 Å². The van der Waals surface area contributed by atoms with Crippen LogP contribution >= 0.6 is 15.9 Å². The van der Waals surface area contributed by atoms with Gasteiger partial charge in [0.1, 0.15) is 0 Å². The average Bonchev–Trinajstić information content (AvgIpc) is 2.35. The zero-order chi connectivity index (χ0) is 12.1. The van der Waals surface area contributed by atoms with Crippen LogP contribution in [0.3, 0.4) is 0 Å². The van der Waals surface area contributed by atoms with E-state index in [4.69, 9.17) is 19.3 Å². The van der Waals surface area contributed by atoms with Gasteiger partial charge in [0.05, 0.1) is 32.8 Å². The van der Waals surface area contributed by atoms with E-state index in [9.17, 15) is 0 Å². The van der Waals surface area contributed by atoms with Crippen molar-refractivity contribution < 1.29 is 19.3 Å². The Morgan fingerprint density at radius 2 is 1.62 bits per heavy atom. The molecule has 16 heavy (non-hydrogen) atoms. The minimum atomic E-state index is -0.152. The Labute approximate surface area is 103 Å². The Balaban J connectivity index is 3.25. The van der Waals surface area contributed by atoms with Crippen LogP contribution in [0.2, 0.25) is 0 Å². The fourth-order valence-corrected chi connectivity index (χ4v) is 1.65.